The van der Waals surface area contributed by atoms with E-state index in [0.717, 1.165) is 0 Å². The van der Waals surface area contributed by atoms with Gasteiger partial charge in [-0.25, -0.2) is 4.98 Å². The molecule has 2 aromatic heterocycles. The molecular weight excluding hydrogens is 415 g/mol. The number of aromatic nitrogens is 2. The largest absolute Gasteiger partial charge is 0.506 e. The number of halogens is 2. The smallest absolute Gasteiger partial charge is 0.227 e. The van der Waals surface area contributed by atoms with E-state index in [4.69, 9.17) is 27.6 Å². The number of benzene rings is 2. The standard InChI is InChI=1S/C21H14Cl2N2O4/c1-10-7-15(26)19(28)20(29-10)17-16(11-5-3-2-4-6-11)24-21(25-17)13-8-12(22)9-14(23)18(13)27/h2-9,27-28H,1H3,(H,24,25). The van der Waals surface area contributed by atoms with Crippen LogP contribution in [-0.2, 0) is 0 Å². The zero-order valence-electron chi connectivity index (χ0n) is 15.0. The van der Waals surface area contributed by atoms with E-state index in [2.05, 4.69) is 9.97 Å². The van der Waals surface area contributed by atoms with Gasteiger partial charge in [-0.15, -0.1) is 0 Å². The van der Waals surface area contributed by atoms with E-state index in [1.807, 2.05) is 30.3 Å². The molecule has 4 aromatic rings. The van der Waals surface area contributed by atoms with Gasteiger partial charge in [0.05, 0.1) is 10.6 Å². The number of imidazole rings is 1. The molecule has 0 fully saturated rings. The van der Waals surface area contributed by atoms with Gasteiger partial charge in [0.15, 0.2) is 5.76 Å². The minimum Gasteiger partial charge on any atom is -0.506 e. The normalized spacial score (nSPS) is 11.0. The lowest BCUT2D eigenvalue weighted by atomic mass is 10.1. The fourth-order valence-corrected chi connectivity index (χ4v) is 3.48. The summed E-state index contributed by atoms with van der Waals surface area (Å²) in [6, 6.07) is 13.3. The Labute approximate surface area is 175 Å². The second kappa shape index (κ2) is 7.31. The Balaban J connectivity index is 2.03. The molecule has 0 bridgehead atoms. The topological polar surface area (TPSA) is 99.3 Å². The Morgan fingerprint density at radius 2 is 1.76 bits per heavy atom. The molecule has 0 saturated heterocycles. The first-order valence-electron chi connectivity index (χ1n) is 8.53. The molecule has 0 spiro atoms. The summed E-state index contributed by atoms with van der Waals surface area (Å²) in [4.78, 5) is 19.7. The molecule has 0 unspecified atom stereocenters. The molecule has 0 saturated carbocycles. The van der Waals surface area contributed by atoms with Crippen LogP contribution in [0, 0.1) is 6.92 Å². The zero-order valence-corrected chi connectivity index (χ0v) is 16.5. The van der Waals surface area contributed by atoms with Crippen molar-refractivity contribution in [3.63, 3.8) is 0 Å². The minimum atomic E-state index is -0.576. The molecule has 0 aliphatic heterocycles. The predicted octanol–water partition coefficient (Wildman–Crippen LogP) is 5.39. The molecule has 29 heavy (non-hydrogen) atoms. The van der Waals surface area contributed by atoms with Gasteiger partial charge in [-0.1, -0.05) is 53.5 Å². The van der Waals surface area contributed by atoms with Crippen LogP contribution >= 0.6 is 23.2 Å². The van der Waals surface area contributed by atoms with Crippen molar-refractivity contribution in [2.45, 2.75) is 6.92 Å². The maximum atomic E-state index is 12.1. The van der Waals surface area contributed by atoms with Gasteiger partial charge in [0, 0.05) is 16.7 Å². The van der Waals surface area contributed by atoms with Crippen molar-refractivity contribution in [2.75, 3.05) is 0 Å². The molecule has 0 aliphatic carbocycles. The van der Waals surface area contributed by atoms with Crippen LogP contribution in [0.1, 0.15) is 5.76 Å². The van der Waals surface area contributed by atoms with Crippen LogP contribution in [0.15, 0.2) is 57.7 Å². The summed E-state index contributed by atoms with van der Waals surface area (Å²) in [5.74, 6) is -0.238. The molecular formula is C21H14Cl2N2O4. The number of nitrogens with zero attached hydrogens (tertiary/aromatic N) is 1. The molecule has 0 aliphatic rings. The second-order valence-corrected chi connectivity index (χ2v) is 7.20. The van der Waals surface area contributed by atoms with E-state index in [9.17, 15) is 15.0 Å². The highest BCUT2D eigenvalue weighted by Crippen LogP contribution is 2.41. The van der Waals surface area contributed by atoms with Gasteiger partial charge >= 0.3 is 0 Å². The number of aromatic hydroxyl groups is 2. The summed E-state index contributed by atoms with van der Waals surface area (Å²) >= 11 is 12.1. The molecule has 0 atom stereocenters. The lowest BCUT2D eigenvalue weighted by Crippen LogP contribution is -2.01. The minimum absolute atomic E-state index is 0.0554. The summed E-state index contributed by atoms with van der Waals surface area (Å²) in [5.41, 5.74) is 1.09. The fourth-order valence-electron chi connectivity index (χ4n) is 2.99. The average molecular weight is 429 g/mol. The predicted molar refractivity (Wildman–Crippen MR) is 112 cm³/mol. The SMILES string of the molecule is Cc1cc(=O)c(O)c(-c2[nH]c(-c3cc(Cl)cc(Cl)c3O)nc2-c2ccccc2)o1. The highest BCUT2D eigenvalue weighted by molar-refractivity contribution is 6.36. The lowest BCUT2D eigenvalue weighted by molar-refractivity contribution is 0.429. The van der Waals surface area contributed by atoms with Crippen LogP contribution in [0.3, 0.4) is 0 Å². The van der Waals surface area contributed by atoms with Gasteiger partial charge < -0.3 is 19.6 Å². The molecule has 6 nitrogen and oxygen atoms in total. The monoisotopic (exact) mass is 428 g/mol. The molecule has 2 heterocycles. The van der Waals surface area contributed by atoms with Crippen molar-refractivity contribution >= 4 is 23.2 Å². The van der Waals surface area contributed by atoms with Crippen molar-refractivity contribution < 1.29 is 14.6 Å². The van der Waals surface area contributed by atoms with Gasteiger partial charge in [0.25, 0.3) is 0 Å². The molecule has 4 rings (SSSR count). The third-order valence-electron chi connectivity index (χ3n) is 4.31. The zero-order chi connectivity index (χ0) is 20.7. The summed E-state index contributed by atoms with van der Waals surface area (Å²) in [7, 11) is 0. The van der Waals surface area contributed by atoms with Crippen molar-refractivity contribution in [1.82, 2.24) is 9.97 Å². The fraction of sp³-hybridized carbons (Fsp3) is 0.0476. The summed E-state index contributed by atoms with van der Waals surface area (Å²) in [6.45, 7) is 1.60. The van der Waals surface area contributed by atoms with Gasteiger partial charge in [-0.2, -0.15) is 0 Å². The molecule has 3 N–H and O–H groups in total. The number of aromatic amines is 1. The summed E-state index contributed by atoms with van der Waals surface area (Å²) < 4.78 is 5.63. The number of H-pyrrole nitrogens is 1. The number of nitrogens with one attached hydrogen (secondary N) is 1. The van der Waals surface area contributed by atoms with Crippen molar-refractivity contribution in [1.29, 1.82) is 0 Å². The van der Waals surface area contributed by atoms with E-state index >= 15 is 0 Å². The number of phenols is 1. The first-order chi connectivity index (χ1) is 13.8. The third kappa shape index (κ3) is 3.48. The van der Waals surface area contributed by atoms with Crippen LogP contribution in [0.4, 0.5) is 0 Å². The van der Waals surface area contributed by atoms with E-state index in [1.165, 1.54) is 18.2 Å². The van der Waals surface area contributed by atoms with Crippen molar-refractivity contribution in [3.8, 4) is 45.6 Å². The quantitative estimate of drug-likeness (QED) is 0.406. The average Bonchev–Trinajstić information content (AvgIpc) is 3.13. The van der Waals surface area contributed by atoms with E-state index in [0.29, 0.717) is 22.0 Å². The van der Waals surface area contributed by atoms with Gasteiger partial charge in [0.1, 0.15) is 28.7 Å². The number of aryl methyl sites for hydroxylation is 1. The third-order valence-corrected chi connectivity index (χ3v) is 4.81. The van der Waals surface area contributed by atoms with Crippen LogP contribution in [0.25, 0.3) is 34.1 Å². The van der Waals surface area contributed by atoms with Crippen LogP contribution in [-0.4, -0.2) is 20.2 Å². The summed E-state index contributed by atoms with van der Waals surface area (Å²) in [5, 5.41) is 21.1. The number of rotatable bonds is 3. The maximum Gasteiger partial charge on any atom is 0.227 e. The number of phenolic OH excluding ortho intramolecular Hbond substituents is 1. The Hall–Kier alpha value is -3.22. The molecule has 0 amide bonds. The molecule has 8 heteroatoms. The summed E-state index contributed by atoms with van der Waals surface area (Å²) in [6.07, 6.45) is 0. The number of hydrogen-bond acceptors (Lipinski definition) is 5. The van der Waals surface area contributed by atoms with Gasteiger partial charge in [-0.05, 0) is 19.1 Å². The van der Waals surface area contributed by atoms with E-state index in [1.54, 1.807) is 6.92 Å². The Morgan fingerprint density at radius 1 is 1.03 bits per heavy atom. The molecule has 146 valence electrons. The van der Waals surface area contributed by atoms with Crippen molar-refractivity contribution in [3.05, 3.63) is 74.6 Å². The van der Waals surface area contributed by atoms with Crippen LogP contribution in [0.2, 0.25) is 10.0 Å². The maximum absolute atomic E-state index is 12.1. The molecule has 2 aromatic carbocycles. The number of hydrogen-bond donors (Lipinski definition) is 3. The first kappa shape index (κ1) is 19.1. The van der Waals surface area contributed by atoms with Crippen LogP contribution in [0.5, 0.6) is 11.5 Å². The first-order valence-corrected chi connectivity index (χ1v) is 9.28. The second-order valence-electron chi connectivity index (χ2n) is 6.36. The Morgan fingerprint density at radius 3 is 2.48 bits per heavy atom. The Kier molecular flexibility index (Phi) is 4.82. The van der Waals surface area contributed by atoms with E-state index < -0.39 is 11.2 Å². The van der Waals surface area contributed by atoms with Gasteiger partial charge in [0.2, 0.25) is 11.2 Å². The van der Waals surface area contributed by atoms with Crippen LogP contribution < -0.4 is 5.43 Å². The van der Waals surface area contributed by atoms with Crippen molar-refractivity contribution in [2.24, 2.45) is 0 Å². The van der Waals surface area contributed by atoms with E-state index in [-0.39, 0.29) is 33.6 Å². The Bertz CT molecular complexity index is 1280. The molecule has 0 radical (unpaired) electrons. The highest BCUT2D eigenvalue weighted by atomic mass is 35.5. The lowest BCUT2D eigenvalue weighted by Gasteiger charge is -2.05. The highest BCUT2D eigenvalue weighted by Gasteiger charge is 2.23. The van der Waals surface area contributed by atoms with Gasteiger partial charge in [-0.3, -0.25) is 4.79 Å².